The van der Waals surface area contributed by atoms with E-state index in [1.54, 1.807) is 10.7 Å². The molecule has 2 heterocycles. The maximum absolute atomic E-state index is 11.5. The quantitative estimate of drug-likeness (QED) is 0.872. The van der Waals surface area contributed by atoms with E-state index in [2.05, 4.69) is 22.0 Å². The molecule has 0 bridgehead atoms. The summed E-state index contributed by atoms with van der Waals surface area (Å²) in [7, 11) is 0. The Bertz CT molecular complexity index is 582. The lowest BCUT2D eigenvalue weighted by molar-refractivity contribution is 0.748. The van der Waals surface area contributed by atoms with Gasteiger partial charge in [-0.05, 0) is 26.3 Å². The molecule has 0 amide bonds. The third-order valence-corrected chi connectivity index (χ3v) is 2.50. The van der Waals surface area contributed by atoms with E-state index in [4.69, 9.17) is 0 Å². The summed E-state index contributed by atoms with van der Waals surface area (Å²) in [5.41, 5.74) is 2.54. The van der Waals surface area contributed by atoms with E-state index in [9.17, 15) is 4.79 Å². The molecule has 0 saturated carbocycles. The van der Waals surface area contributed by atoms with Crippen molar-refractivity contribution < 1.29 is 0 Å². The fourth-order valence-electron chi connectivity index (χ4n) is 1.82. The van der Waals surface area contributed by atoms with Gasteiger partial charge in [0, 0.05) is 17.5 Å². The van der Waals surface area contributed by atoms with Gasteiger partial charge in [-0.15, -0.1) is 0 Å². The Balaban J connectivity index is 2.51. The topological polar surface area (TPSA) is 63.6 Å². The smallest absolute Gasteiger partial charge is 0.252 e. The lowest BCUT2D eigenvalue weighted by Crippen LogP contribution is -2.15. The first kappa shape index (κ1) is 11.6. The molecule has 0 aliphatic rings. The number of nitrogens with zero attached hydrogens (tertiary/aromatic N) is 3. The highest BCUT2D eigenvalue weighted by molar-refractivity contribution is 5.20. The van der Waals surface area contributed by atoms with Crippen LogP contribution < -0.4 is 5.56 Å². The van der Waals surface area contributed by atoms with Crippen molar-refractivity contribution in [3.05, 3.63) is 39.6 Å². The minimum absolute atomic E-state index is 0.133. The summed E-state index contributed by atoms with van der Waals surface area (Å²) >= 11 is 0. The summed E-state index contributed by atoms with van der Waals surface area (Å²) in [4.78, 5) is 18.7. The number of nitrogens with one attached hydrogen (secondary N) is 1. The largest absolute Gasteiger partial charge is 0.291 e. The minimum atomic E-state index is -0.133. The molecule has 17 heavy (non-hydrogen) atoms. The van der Waals surface area contributed by atoms with Crippen molar-refractivity contribution in [2.75, 3.05) is 0 Å². The van der Waals surface area contributed by atoms with E-state index in [0.717, 1.165) is 29.9 Å². The standard InChI is InChI=1S/C12H16N4O/c1-4-5-10-7-11(17)14-12(13-10)16-9(3)6-8(2)15-16/h6-7H,4-5H2,1-3H3,(H,13,14,17). The van der Waals surface area contributed by atoms with E-state index in [-0.39, 0.29) is 5.56 Å². The van der Waals surface area contributed by atoms with Gasteiger partial charge in [0.15, 0.2) is 0 Å². The van der Waals surface area contributed by atoms with Crippen molar-refractivity contribution in [2.24, 2.45) is 0 Å². The summed E-state index contributed by atoms with van der Waals surface area (Å²) in [5.74, 6) is 0.492. The molecule has 0 unspecified atom stereocenters. The molecule has 0 aliphatic carbocycles. The Morgan fingerprint density at radius 3 is 2.71 bits per heavy atom. The Hall–Kier alpha value is -1.91. The highest BCUT2D eigenvalue weighted by Gasteiger charge is 2.07. The molecule has 0 aromatic carbocycles. The Morgan fingerprint density at radius 2 is 2.12 bits per heavy atom. The van der Waals surface area contributed by atoms with Gasteiger partial charge >= 0.3 is 0 Å². The van der Waals surface area contributed by atoms with Crippen molar-refractivity contribution in [1.82, 2.24) is 19.7 Å². The molecule has 90 valence electrons. The molecule has 0 saturated heterocycles. The van der Waals surface area contributed by atoms with E-state index in [1.807, 2.05) is 19.9 Å². The Morgan fingerprint density at radius 1 is 1.35 bits per heavy atom. The SMILES string of the molecule is CCCc1cc(=O)[nH]c(-n2nc(C)cc2C)n1. The number of aromatic amines is 1. The zero-order chi connectivity index (χ0) is 12.4. The van der Waals surface area contributed by atoms with E-state index in [1.165, 1.54) is 0 Å². The number of H-pyrrole nitrogens is 1. The van der Waals surface area contributed by atoms with Gasteiger partial charge in [0.05, 0.1) is 5.69 Å². The number of hydrogen-bond acceptors (Lipinski definition) is 3. The van der Waals surface area contributed by atoms with Gasteiger partial charge in [-0.3, -0.25) is 9.78 Å². The molecule has 0 aliphatic heterocycles. The first-order valence-electron chi connectivity index (χ1n) is 5.74. The van der Waals surface area contributed by atoms with Crippen molar-refractivity contribution in [3.8, 4) is 5.95 Å². The lowest BCUT2D eigenvalue weighted by atomic mass is 10.2. The maximum Gasteiger partial charge on any atom is 0.252 e. The molecular weight excluding hydrogens is 216 g/mol. The number of aromatic nitrogens is 4. The Kier molecular flexibility index (Phi) is 3.08. The second-order valence-electron chi connectivity index (χ2n) is 4.15. The fourth-order valence-corrected chi connectivity index (χ4v) is 1.82. The van der Waals surface area contributed by atoms with Gasteiger partial charge in [0.25, 0.3) is 5.56 Å². The molecule has 5 nitrogen and oxygen atoms in total. The molecule has 0 atom stereocenters. The zero-order valence-electron chi connectivity index (χ0n) is 10.3. The van der Waals surface area contributed by atoms with Crippen molar-refractivity contribution in [3.63, 3.8) is 0 Å². The van der Waals surface area contributed by atoms with E-state index >= 15 is 0 Å². The van der Waals surface area contributed by atoms with Gasteiger partial charge < -0.3 is 0 Å². The fraction of sp³-hybridized carbons (Fsp3) is 0.417. The van der Waals surface area contributed by atoms with Crippen LogP contribution in [0.2, 0.25) is 0 Å². The molecule has 2 aromatic heterocycles. The van der Waals surface area contributed by atoms with Crippen LogP contribution in [0, 0.1) is 13.8 Å². The average molecular weight is 232 g/mol. The molecule has 1 N–H and O–H groups in total. The van der Waals surface area contributed by atoms with Crippen LogP contribution in [0.4, 0.5) is 0 Å². The lowest BCUT2D eigenvalue weighted by Gasteiger charge is -2.04. The van der Waals surface area contributed by atoms with Crippen LogP contribution in [0.1, 0.15) is 30.4 Å². The maximum atomic E-state index is 11.5. The molecule has 0 fully saturated rings. The van der Waals surface area contributed by atoms with Crippen LogP contribution in [0.5, 0.6) is 0 Å². The van der Waals surface area contributed by atoms with Crippen molar-refractivity contribution in [2.45, 2.75) is 33.6 Å². The third kappa shape index (κ3) is 2.43. The third-order valence-electron chi connectivity index (χ3n) is 2.50. The van der Waals surface area contributed by atoms with Crippen LogP contribution in [0.3, 0.4) is 0 Å². The predicted octanol–water partition coefficient (Wildman–Crippen LogP) is 1.52. The number of rotatable bonds is 3. The van der Waals surface area contributed by atoms with Crippen LogP contribution in [-0.2, 0) is 6.42 Å². The second kappa shape index (κ2) is 4.53. The normalized spacial score (nSPS) is 10.8. The highest BCUT2D eigenvalue weighted by atomic mass is 16.1. The van der Waals surface area contributed by atoms with Gasteiger partial charge in [0.2, 0.25) is 5.95 Å². The van der Waals surface area contributed by atoms with E-state index < -0.39 is 0 Å². The first-order valence-corrected chi connectivity index (χ1v) is 5.74. The summed E-state index contributed by atoms with van der Waals surface area (Å²) in [6.45, 7) is 5.91. The zero-order valence-corrected chi connectivity index (χ0v) is 10.3. The summed E-state index contributed by atoms with van der Waals surface area (Å²) in [5, 5.41) is 4.31. The summed E-state index contributed by atoms with van der Waals surface area (Å²) < 4.78 is 1.66. The molecule has 0 spiro atoms. The van der Waals surface area contributed by atoms with Crippen LogP contribution in [-0.4, -0.2) is 19.7 Å². The first-order chi connectivity index (χ1) is 8.10. The number of hydrogen-bond donors (Lipinski definition) is 1. The molecule has 5 heteroatoms. The van der Waals surface area contributed by atoms with Gasteiger partial charge in [-0.2, -0.15) is 5.10 Å². The van der Waals surface area contributed by atoms with Gasteiger partial charge in [0.1, 0.15) is 0 Å². The molecule has 0 radical (unpaired) electrons. The number of aryl methyl sites for hydroxylation is 3. The predicted molar refractivity (Wildman–Crippen MR) is 65.4 cm³/mol. The summed E-state index contributed by atoms with van der Waals surface area (Å²) in [6.07, 6.45) is 1.77. The van der Waals surface area contributed by atoms with Crippen molar-refractivity contribution >= 4 is 0 Å². The van der Waals surface area contributed by atoms with Crippen LogP contribution in [0.15, 0.2) is 16.9 Å². The highest BCUT2D eigenvalue weighted by Crippen LogP contribution is 2.07. The van der Waals surface area contributed by atoms with Crippen molar-refractivity contribution in [1.29, 1.82) is 0 Å². The van der Waals surface area contributed by atoms with Crippen LogP contribution >= 0.6 is 0 Å². The monoisotopic (exact) mass is 232 g/mol. The second-order valence-corrected chi connectivity index (χ2v) is 4.15. The molecule has 2 rings (SSSR count). The average Bonchev–Trinajstić information content (AvgIpc) is 2.57. The summed E-state index contributed by atoms with van der Waals surface area (Å²) in [6, 6.07) is 3.49. The Labute approximate surface area is 99.5 Å². The van der Waals surface area contributed by atoms with E-state index in [0.29, 0.717) is 5.95 Å². The van der Waals surface area contributed by atoms with Gasteiger partial charge in [-0.1, -0.05) is 13.3 Å². The van der Waals surface area contributed by atoms with Crippen LogP contribution in [0.25, 0.3) is 5.95 Å². The minimum Gasteiger partial charge on any atom is -0.291 e. The molecule has 2 aromatic rings. The van der Waals surface area contributed by atoms with Gasteiger partial charge in [-0.25, -0.2) is 9.67 Å². The molecular formula is C12H16N4O.